The number of nitrogens with zero attached hydrogens (tertiary/aromatic N) is 1. The van der Waals surface area contributed by atoms with E-state index in [1.165, 1.54) is 10.4 Å². The molecular formula is C17H27N3O4S. The van der Waals surface area contributed by atoms with Crippen LogP contribution in [0.2, 0.25) is 0 Å². The first-order valence-corrected chi connectivity index (χ1v) is 10.2. The van der Waals surface area contributed by atoms with Gasteiger partial charge in [0.15, 0.2) is 0 Å². The molecule has 3 N–H and O–H groups in total. The van der Waals surface area contributed by atoms with Crippen LogP contribution < -0.4 is 15.8 Å². The quantitative estimate of drug-likeness (QED) is 0.729. The summed E-state index contributed by atoms with van der Waals surface area (Å²) in [7, 11) is -3.65. The van der Waals surface area contributed by atoms with E-state index in [-0.39, 0.29) is 10.8 Å². The van der Waals surface area contributed by atoms with Gasteiger partial charge in [-0.15, -0.1) is 0 Å². The van der Waals surface area contributed by atoms with Gasteiger partial charge >= 0.3 is 0 Å². The summed E-state index contributed by atoms with van der Waals surface area (Å²) in [6, 6.07) is 4.73. The summed E-state index contributed by atoms with van der Waals surface area (Å²) in [5.41, 5.74) is 5.85. The van der Waals surface area contributed by atoms with Gasteiger partial charge in [0.05, 0.1) is 6.61 Å². The van der Waals surface area contributed by atoms with E-state index in [0.29, 0.717) is 50.5 Å². The zero-order valence-corrected chi connectivity index (χ0v) is 15.5. The van der Waals surface area contributed by atoms with Gasteiger partial charge in [-0.05, 0) is 50.9 Å². The lowest BCUT2D eigenvalue weighted by atomic mass is 10.2. The fraction of sp³-hybridized carbons (Fsp3) is 0.588. The smallest absolute Gasteiger partial charge is 0.246 e. The zero-order valence-electron chi connectivity index (χ0n) is 14.7. The highest BCUT2D eigenvalue weighted by molar-refractivity contribution is 7.89. The number of carbonyl (C=O) groups excluding carboxylic acids is 1. The molecule has 1 amide bonds. The van der Waals surface area contributed by atoms with E-state index in [4.69, 9.17) is 10.5 Å². The fourth-order valence-corrected chi connectivity index (χ4v) is 4.47. The minimum atomic E-state index is -3.65. The molecule has 1 aliphatic heterocycles. The van der Waals surface area contributed by atoms with E-state index < -0.39 is 10.0 Å². The highest BCUT2D eigenvalue weighted by atomic mass is 32.2. The molecule has 1 aromatic carbocycles. The van der Waals surface area contributed by atoms with E-state index in [9.17, 15) is 13.2 Å². The summed E-state index contributed by atoms with van der Waals surface area (Å²) < 4.78 is 33.0. The number of ether oxygens (including phenoxy) is 1. The number of hydrogen-bond acceptors (Lipinski definition) is 5. The third kappa shape index (κ3) is 5.17. The molecule has 0 spiro atoms. The molecule has 140 valence electrons. The van der Waals surface area contributed by atoms with Crippen LogP contribution in [0.3, 0.4) is 0 Å². The van der Waals surface area contributed by atoms with Gasteiger partial charge in [0.2, 0.25) is 15.9 Å². The van der Waals surface area contributed by atoms with Crippen molar-refractivity contribution < 1.29 is 17.9 Å². The highest BCUT2D eigenvalue weighted by Crippen LogP contribution is 2.31. The summed E-state index contributed by atoms with van der Waals surface area (Å²) in [5, 5.41) is 2.73. The SMILES string of the molecule is CCOc1ccc(NC(=O)CCCN)cc1S(=O)(=O)N1CCCCC1. The third-order valence-electron chi connectivity index (χ3n) is 4.07. The van der Waals surface area contributed by atoms with Gasteiger partial charge in [0.25, 0.3) is 0 Å². The number of sulfonamides is 1. The largest absolute Gasteiger partial charge is 0.492 e. The predicted molar refractivity (Wildman–Crippen MR) is 97.1 cm³/mol. The highest BCUT2D eigenvalue weighted by Gasteiger charge is 2.29. The van der Waals surface area contributed by atoms with Crippen LogP contribution in [0.25, 0.3) is 0 Å². The van der Waals surface area contributed by atoms with E-state index in [1.54, 1.807) is 19.1 Å². The average Bonchev–Trinajstić information content (AvgIpc) is 2.62. The monoisotopic (exact) mass is 369 g/mol. The molecule has 1 saturated heterocycles. The van der Waals surface area contributed by atoms with Crippen molar-refractivity contribution in [3.8, 4) is 5.75 Å². The Morgan fingerprint density at radius 2 is 2.00 bits per heavy atom. The van der Waals surface area contributed by atoms with E-state index >= 15 is 0 Å². The fourth-order valence-electron chi connectivity index (χ4n) is 2.79. The van der Waals surface area contributed by atoms with E-state index in [1.807, 2.05) is 0 Å². The molecule has 1 fully saturated rings. The summed E-state index contributed by atoms with van der Waals surface area (Å²) >= 11 is 0. The molecule has 8 heteroatoms. The average molecular weight is 369 g/mol. The molecule has 1 heterocycles. The molecule has 25 heavy (non-hydrogen) atoms. The molecule has 2 rings (SSSR count). The molecule has 7 nitrogen and oxygen atoms in total. The zero-order chi connectivity index (χ0) is 18.3. The maximum atomic E-state index is 13.0. The van der Waals surface area contributed by atoms with Crippen molar-refractivity contribution in [3.63, 3.8) is 0 Å². The minimum absolute atomic E-state index is 0.105. The standard InChI is InChI=1S/C17H27N3O4S/c1-2-24-15-9-8-14(19-17(21)7-6-10-18)13-16(15)25(22,23)20-11-4-3-5-12-20/h8-9,13H,2-7,10-12,18H2,1H3,(H,19,21). The first kappa shape index (κ1) is 19.7. The van der Waals surface area contributed by atoms with Crippen molar-refractivity contribution in [1.29, 1.82) is 0 Å². The summed E-state index contributed by atoms with van der Waals surface area (Å²) in [6.07, 6.45) is 3.65. The second kappa shape index (κ2) is 9.17. The molecule has 0 aromatic heterocycles. The number of hydrogen-bond donors (Lipinski definition) is 2. The number of anilines is 1. The Bertz CT molecular complexity index is 685. The number of rotatable bonds is 8. The summed E-state index contributed by atoms with van der Waals surface area (Å²) in [5.74, 6) is 0.129. The predicted octanol–water partition coefficient (Wildman–Crippen LogP) is 1.94. The lowest BCUT2D eigenvalue weighted by Gasteiger charge is -2.27. The van der Waals surface area contributed by atoms with Crippen molar-refractivity contribution in [1.82, 2.24) is 4.31 Å². The molecule has 0 radical (unpaired) electrons. The first-order valence-electron chi connectivity index (χ1n) is 8.76. The third-order valence-corrected chi connectivity index (χ3v) is 5.99. The number of carbonyl (C=O) groups is 1. The minimum Gasteiger partial charge on any atom is -0.492 e. The maximum absolute atomic E-state index is 13.0. The van der Waals surface area contributed by atoms with Gasteiger partial charge in [0.1, 0.15) is 10.6 Å². The molecule has 0 aliphatic carbocycles. The van der Waals surface area contributed by atoms with Crippen molar-refractivity contribution in [2.45, 2.75) is 43.9 Å². The maximum Gasteiger partial charge on any atom is 0.246 e. The van der Waals surface area contributed by atoms with Gasteiger partial charge in [-0.25, -0.2) is 8.42 Å². The summed E-state index contributed by atoms with van der Waals surface area (Å²) in [4.78, 5) is 12.0. The Kier molecular flexibility index (Phi) is 7.22. The molecule has 0 unspecified atom stereocenters. The van der Waals surface area contributed by atoms with Crippen LogP contribution in [-0.2, 0) is 14.8 Å². The second-order valence-corrected chi connectivity index (χ2v) is 7.91. The topological polar surface area (TPSA) is 102 Å². The van der Waals surface area contributed by atoms with Crippen LogP contribution in [-0.4, -0.2) is 44.9 Å². The Hall–Kier alpha value is -1.64. The number of nitrogens with one attached hydrogen (secondary N) is 1. The second-order valence-electron chi connectivity index (χ2n) is 6.00. The van der Waals surface area contributed by atoms with Crippen molar-refractivity contribution in [2.24, 2.45) is 5.73 Å². The molecule has 0 bridgehead atoms. The molecule has 1 aromatic rings. The van der Waals surface area contributed by atoms with Gasteiger partial charge in [-0.3, -0.25) is 4.79 Å². The lowest BCUT2D eigenvalue weighted by Crippen LogP contribution is -2.35. The Morgan fingerprint density at radius 3 is 2.64 bits per heavy atom. The summed E-state index contributed by atoms with van der Waals surface area (Å²) in [6.45, 7) is 3.64. The van der Waals surface area contributed by atoms with Crippen molar-refractivity contribution >= 4 is 21.6 Å². The van der Waals surface area contributed by atoms with Crippen LogP contribution in [0.15, 0.2) is 23.1 Å². The van der Waals surface area contributed by atoms with Crippen molar-refractivity contribution in [2.75, 3.05) is 31.6 Å². The van der Waals surface area contributed by atoms with E-state index in [0.717, 1.165) is 19.3 Å². The van der Waals surface area contributed by atoms with Crippen LogP contribution in [0.5, 0.6) is 5.75 Å². The van der Waals surface area contributed by atoms with Gasteiger partial charge in [-0.1, -0.05) is 6.42 Å². The van der Waals surface area contributed by atoms with Crippen LogP contribution in [0, 0.1) is 0 Å². The lowest BCUT2D eigenvalue weighted by molar-refractivity contribution is -0.116. The molecule has 0 saturated carbocycles. The van der Waals surface area contributed by atoms with Crippen molar-refractivity contribution in [3.05, 3.63) is 18.2 Å². The van der Waals surface area contributed by atoms with Gasteiger partial charge in [-0.2, -0.15) is 4.31 Å². The number of piperidine rings is 1. The van der Waals surface area contributed by atoms with E-state index in [2.05, 4.69) is 5.32 Å². The van der Waals surface area contributed by atoms with Crippen LogP contribution in [0.4, 0.5) is 5.69 Å². The normalized spacial score (nSPS) is 15.8. The Morgan fingerprint density at radius 1 is 1.28 bits per heavy atom. The van der Waals surface area contributed by atoms with Gasteiger partial charge < -0.3 is 15.8 Å². The van der Waals surface area contributed by atoms with Crippen LogP contribution >= 0.6 is 0 Å². The Labute approximate surface area is 149 Å². The molecule has 0 atom stereocenters. The number of benzene rings is 1. The number of nitrogens with two attached hydrogens (primary N) is 1. The molecule has 1 aliphatic rings. The number of amides is 1. The van der Waals surface area contributed by atoms with Crippen LogP contribution in [0.1, 0.15) is 39.0 Å². The first-order chi connectivity index (χ1) is 12.0. The Balaban J connectivity index is 2.29. The van der Waals surface area contributed by atoms with Gasteiger partial charge in [0, 0.05) is 25.2 Å². The molecular weight excluding hydrogens is 342 g/mol.